The molecule has 0 spiro atoms. The van der Waals surface area contributed by atoms with Gasteiger partial charge in [-0.2, -0.15) is 0 Å². The number of aliphatic hydroxyl groups excluding tert-OH is 1. The maximum absolute atomic E-state index is 13.3. The molecule has 4 N–H and O–H groups in total. The van der Waals surface area contributed by atoms with Gasteiger partial charge in [0.2, 0.25) is 11.8 Å². The van der Waals surface area contributed by atoms with E-state index in [0.717, 1.165) is 33.2 Å². The van der Waals surface area contributed by atoms with E-state index in [9.17, 15) is 24.3 Å². The number of pyridine rings is 1. The fraction of sp³-hybridized carbons (Fsp3) is 0.472. The lowest BCUT2D eigenvalue weighted by molar-refractivity contribution is -0.153. The topological polar surface area (TPSA) is 150 Å². The fourth-order valence-electron chi connectivity index (χ4n) is 5.42. The number of amides is 3. The van der Waals surface area contributed by atoms with Gasteiger partial charge in [0.05, 0.1) is 23.1 Å². The number of aromatic nitrogens is 1. The van der Waals surface area contributed by atoms with Crippen LogP contribution in [0.3, 0.4) is 0 Å². The summed E-state index contributed by atoms with van der Waals surface area (Å²) in [6.45, 7) is 10.8. The van der Waals surface area contributed by atoms with E-state index in [1.807, 2.05) is 62.4 Å². The predicted molar refractivity (Wildman–Crippen MR) is 185 cm³/mol. The molecule has 1 aliphatic heterocycles. The van der Waals surface area contributed by atoms with Crippen molar-refractivity contribution in [3.63, 3.8) is 0 Å². The van der Waals surface area contributed by atoms with E-state index in [-0.39, 0.29) is 24.9 Å². The monoisotopic (exact) mass is 679 g/mol. The molecule has 12 heteroatoms. The molecule has 0 unspecified atom stereocenters. The molecule has 258 valence electrons. The smallest absolute Gasteiger partial charge is 0.325 e. The number of rotatable bonds is 12. The molecular formula is C36H46ClN5O6. The summed E-state index contributed by atoms with van der Waals surface area (Å²) in [6.07, 6.45) is 2.32. The van der Waals surface area contributed by atoms with Crippen molar-refractivity contribution >= 4 is 46.1 Å². The minimum Gasteiger partial charge on any atom is -0.463 e. The molecule has 0 bridgehead atoms. The van der Waals surface area contributed by atoms with Crippen LogP contribution in [0.1, 0.15) is 71.6 Å². The Morgan fingerprint density at radius 1 is 1.06 bits per heavy atom. The van der Waals surface area contributed by atoms with Gasteiger partial charge in [-0.15, -0.1) is 11.6 Å². The number of carbonyl (C=O) groups is 4. The number of benzene rings is 2. The Morgan fingerprint density at radius 3 is 2.50 bits per heavy atom. The van der Waals surface area contributed by atoms with Gasteiger partial charge >= 0.3 is 5.97 Å². The first-order valence-electron chi connectivity index (χ1n) is 16.3. The number of hydrogen-bond donors (Lipinski definition) is 4. The zero-order valence-corrected chi connectivity index (χ0v) is 29.1. The highest BCUT2D eigenvalue weighted by atomic mass is 35.5. The van der Waals surface area contributed by atoms with Crippen LogP contribution in [0.25, 0.3) is 22.0 Å². The Balaban J connectivity index is 1.35. The Labute approximate surface area is 286 Å². The lowest BCUT2D eigenvalue weighted by atomic mass is 10.0. The highest BCUT2D eigenvalue weighted by Gasteiger charge is 2.33. The summed E-state index contributed by atoms with van der Waals surface area (Å²) in [6, 6.07) is 12.7. The van der Waals surface area contributed by atoms with Crippen LogP contribution in [0.15, 0.2) is 54.7 Å². The zero-order valence-electron chi connectivity index (χ0n) is 28.4. The van der Waals surface area contributed by atoms with Gasteiger partial charge in [-0.1, -0.05) is 44.2 Å². The highest BCUT2D eigenvalue weighted by molar-refractivity contribution is 6.23. The number of alkyl halides is 1. The molecule has 2 aromatic carbocycles. The molecule has 4 rings (SSSR count). The number of hydrazine groups is 1. The lowest BCUT2D eigenvalue weighted by Crippen LogP contribution is -2.61. The Kier molecular flexibility index (Phi) is 12.2. The zero-order chi connectivity index (χ0) is 35.2. The molecule has 0 saturated carbocycles. The van der Waals surface area contributed by atoms with Crippen LogP contribution in [0.5, 0.6) is 0 Å². The second-order valence-corrected chi connectivity index (χ2v) is 14.4. The van der Waals surface area contributed by atoms with Gasteiger partial charge in [0.1, 0.15) is 24.7 Å². The van der Waals surface area contributed by atoms with Gasteiger partial charge in [-0.3, -0.25) is 29.2 Å². The van der Waals surface area contributed by atoms with Crippen LogP contribution >= 0.6 is 11.6 Å². The molecule has 4 atom stereocenters. The third-order valence-electron chi connectivity index (χ3n) is 8.10. The first kappa shape index (κ1) is 36.8. The van der Waals surface area contributed by atoms with Crippen molar-refractivity contribution in [3.8, 4) is 11.3 Å². The molecular weight excluding hydrogens is 634 g/mol. The second kappa shape index (κ2) is 15.9. The molecule has 11 nitrogen and oxygen atoms in total. The van der Waals surface area contributed by atoms with Crippen molar-refractivity contribution in [2.24, 2.45) is 5.92 Å². The number of aliphatic hydroxyl groups is 1. The highest BCUT2D eigenvalue weighted by Crippen LogP contribution is 2.26. The van der Waals surface area contributed by atoms with Crippen LogP contribution in [-0.4, -0.2) is 74.9 Å². The number of esters is 1. The summed E-state index contributed by atoms with van der Waals surface area (Å²) >= 11 is 6.12. The molecule has 1 saturated heterocycles. The fourth-order valence-corrected chi connectivity index (χ4v) is 5.47. The summed E-state index contributed by atoms with van der Waals surface area (Å²) in [5.41, 5.74) is 6.04. The van der Waals surface area contributed by atoms with Crippen molar-refractivity contribution in [1.82, 2.24) is 26.1 Å². The first-order valence-corrected chi connectivity index (χ1v) is 16.7. The second-order valence-electron chi connectivity index (χ2n) is 13.4. The first-order chi connectivity index (χ1) is 22.6. The Bertz CT molecular complexity index is 1640. The number of nitrogens with zero attached hydrogens (tertiary/aromatic N) is 2. The largest absolute Gasteiger partial charge is 0.463 e. The quantitative estimate of drug-likeness (QED) is 0.164. The number of fused-ring (bicyclic) bond motifs is 1. The molecule has 3 amide bonds. The van der Waals surface area contributed by atoms with E-state index >= 15 is 0 Å². The SMILES string of the molecule is CC(C)[C@H](NC(=O)Cc1cccc(-c2cc3cc([C@@H](C)O)ccc3cn2)c1)C(=O)N[C@@H](C)C(=O)N1CCC[C@@H](C(=O)OCC(C)(C)Cl)N1. The maximum atomic E-state index is 13.3. The van der Waals surface area contributed by atoms with E-state index in [1.54, 1.807) is 33.9 Å². The molecule has 0 aliphatic carbocycles. The minimum atomic E-state index is -0.914. The number of hydrogen-bond acceptors (Lipinski definition) is 8. The minimum absolute atomic E-state index is 0.0354. The van der Waals surface area contributed by atoms with Crippen LogP contribution in [0.2, 0.25) is 0 Å². The lowest BCUT2D eigenvalue weighted by Gasteiger charge is -2.35. The van der Waals surface area contributed by atoms with Crippen molar-refractivity contribution in [2.45, 2.75) is 89.9 Å². The van der Waals surface area contributed by atoms with E-state index in [2.05, 4.69) is 21.0 Å². The van der Waals surface area contributed by atoms with Crippen molar-refractivity contribution in [3.05, 3.63) is 65.9 Å². The van der Waals surface area contributed by atoms with Gasteiger partial charge < -0.3 is 20.5 Å². The molecule has 1 aromatic heterocycles. The summed E-state index contributed by atoms with van der Waals surface area (Å²) < 4.78 is 5.30. The van der Waals surface area contributed by atoms with Gasteiger partial charge in [0.25, 0.3) is 5.91 Å². The summed E-state index contributed by atoms with van der Waals surface area (Å²) in [5.74, 6) is -1.98. The number of halogens is 1. The van der Waals surface area contributed by atoms with E-state index in [4.69, 9.17) is 16.3 Å². The van der Waals surface area contributed by atoms with Crippen LogP contribution < -0.4 is 16.1 Å². The number of nitrogens with one attached hydrogen (secondary N) is 3. The molecule has 2 heterocycles. The van der Waals surface area contributed by atoms with Crippen LogP contribution in [0, 0.1) is 5.92 Å². The van der Waals surface area contributed by atoms with Crippen LogP contribution in [-0.2, 0) is 30.3 Å². The normalized spacial score (nSPS) is 17.0. The maximum Gasteiger partial charge on any atom is 0.325 e. The van der Waals surface area contributed by atoms with Gasteiger partial charge in [-0.05, 0) is 81.2 Å². The van der Waals surface area contributed by atoms with E-state index in [1.165, 1.54) is 5.01 Å². The Hall–Kier alpha value is -4.06. The van der Waals surface area contributed by atoms with Crippen LogP contribution in [0.4, 0.5) is 0 Å². The third-order valence-corrected chi connectivity index (χ3v) is 8.21. The van der Waals surface area contributed by atoms with Crippen molar-refractivity contribution in [2.75, 3.05) is 13.2 Å². The van der Waals surface area contributed by atoms with Gasteiger partial charge in [0.15, 0.2) is 0 Å². The molecule has 48 heavy (non-hydrogen) atoms. The number of ether oxygens (including phenoxy) is 1. The van der Waals surface area contributed by atoms with E-state index in [0.29, 0.717) is 19.4 Å². The Morgan fingerprint density at radius 2 is 1.81 bits per heavy atom. The summed E-state index contributed by atoms with van der Waals surface area (Å²) in [5, 5.41) is 18.8. The summed E-state index contributed by atoms with van der Waals surface area (Å²) in [7, 11) is 0. The van der Waals surface area contributed by atoms with E-state index < -0.39 is 46.9 Å². The van der Waals surface area contributed by atoms with Gasteiger partial charge in [-0.25, -0.2) is 5.43 Å². The average molecular weight is 680 g/mol. The molecule has 0 radical (unpaired) electrons. The average Bonchev–Trinajstić information content (AvgIpc) is 3.04. The standard InChI is InChI=1S/C36H46ClN5O6/c1-21(2)32(33(45)39-22(3)34(46)42-14-8-11-29(41-42)35(47)48-20-36(5,6)37)40-31(44)16-24-9-7-10-26(15-24)30-18-28-17-25(23(4)43)12-13-27(28)19-38-30/h7,9-10,12-13,15,17-19,21-23,29,32,41,43H,8,11,14,16,20H2,1-6H3,(H,39,45)(H,40,44)/t22-,23+,29-,32-/m0/s1. The van der Waals surface area contributed by atoms with Gasteiger partial charge in [0, 0.05) is 23.7 Å². The molecule has 3 aromatic rings. The molecule has 1 fully saturated rings. The van der Waals surface area contributed by atoms with Crippen molar-refractivity contribution in [1.29, 1.82) is 0 Å². The summed E-state index contributed by atoms with van der Waals surface area (Å²) in [4.78, 5) is 56.1. The third kappa shape index (κ3) is 9.98. The predicted octanol–water partition coefficient (Wildman–Crippen LogP) is 4.20. The van der Waals surface area contributed by atoms with Crippen molar-refractivity contribution < 1.29 is 29.0 Å². The number of carbonyl (C=O) groups excluding carboxylic acids is 4. The molecule has 1 aliphatic rings.